The third kappa shape index (κ3) is 3.15. The zero-order valence-electron chi connectivity index (χ0n) is 11.3. The molecule has 1 heterocycles. The molecule has 2 aromatic rings. The van der Waals surface area contributed by atoms with Gasteiger partial charge in [-0.15, -0.1) is 0 Å². The van der Waals surface area contributed by atoms with Crippen LogP contribution in [0.15, 0.2) is 34.7 Å². The number of nitrogens with zero attached hydrogens (tertiary/aromatic N) is 1. The van der Waals surface area contributed by atoms with Crippen LogP contribution < -0.4 is 0 Å². The summed E-state index contributed by atoms with van der Waals surface area (Å²) in [5.41, 5.74) is 0.844. The van der Waals surface area contributed by atoms with Crippen LogP contribution in [0.5, 0.6) is 0 Å². The van der Waals surface area contributed by atoms with Crippen molar-refractivity contribution < 1.29 is 14.3 Å². The van der Waals surface area contributed by atoms with Crippen molar-refractivity contribution in [1.82, 2.24) is 4.90 Å². The molecule has 4 nitrogen and oxygen atoms in total. The highest BCUT2D eigenvalue weighted by Crippen LogP contribution is 2.27. The fourth-order valence-electron chi connectivity index (χ4n) is 2.26. The van der Waals surface area contributed by atoms with E-state index >= 15 is 0 Å². The standard InChI is InChI=1S/C15H19NO3/c1-3-8-16(10-15(17)18)11(2)14-9-12-6-4-5-7-13(12)19-14/h4-7,9,11H,3,8,10H2,1-2H3,(H,17,18). The van der Waals surface area contributed by atoms with E-state index in [9.17, 15) is 4.79 Å². The first kappa shape index (κ1) is 13.6. The van der Waals surface area contributed by atoms with Crippen molar-refractivity contribution in [2.45, 2.75) is 26.3 Å². The summed E-state index contributed by atoms with van der Waals surface area (Å²) < 4.78 is 5.80. The second kappa shape index (κ2) is 5.89. The normalized spacial score (nSPS) is 13.0. The largest absolute Gasteiger partial charge is 0.480 e. The number of para-hydroxylation sites is 1. The van der Waals surface area contributed by atoms with Gasteiger partial charge in [-0.2, -0.15) is 0 Å². The Hall–Kier alpha value is -1.81. The molecule has 1 unspecified atom stereocenters. The first-order chi connectivity index (χ1) is 9.11. The zero-order chi connectivity index (χ0) is 13.8. The van der Waals surface area contributed by atoms with Crippen molar-refractivity contribution in [2.75, 3.05) is 13.1 Å². The molecule has 19 heavy (non-hydrogen) atoms. The van der Waals surface area contributed by atoms with Crippen LogP contribution in [0.1, 0.15) is 32.1 Å². The molecule has 2 rings (SSSR count). The smallest absolute Gasteiger partial charge is 0.317 e. The molecule has 0 radical (unpaired) electrons. The molecule has 102 valence electrons. The number of carbonyl (C=O) groups is 1. The average molecular weight is 261 g/mol. The number of benzene rings is 1. The van der Waals surface area contributed by atoms with E-state index in [0.717, 1.165) is 29.7 Å². The van der Waals surface area contributed by atoms with Gasteiger partial charge in [0.25, 0.3) is 0 Å². The maximum Gasteiger partial charge on any atom is 0.317 e. The molecule has 0 fully saturated rings. The summed E-state index contributed by atoms with van der Waals surface area (Å²) in [4.78, 5) is 12.8. The number of carboxylic acids is 1. The molecular weight excluding hydrogens is 242 g/mol. The Morgan fingerprint density at radius 2 is 2.16 bits per heavy atom. The van der Waals surface area contributed by atoms with Crippen LogP contribution in [-0.4, -0.2) is 29.1 Å². The topological polar surface area (TPSA) is 53.7 Å². The first-order valence-electron chi connectivity index (χ1n) is 6.56. The lowest BCUT2D eigenvalue weighted by molar-refractivity contribution is -0.139. The number of hydrogen-bond acceptors (Lipinski definition) is 3. The number of aliphatic carboxylic acids is 1. The van der Waals surface area contributed by atoms with E-state index in [2.05, 4.69) is 0 Å². The van der Waals surface area contributed by atoms with E-state index in [4.69, 9.17) is 9.52 Å². The highest BCUT2D eigenvalue weighted by Gasteiger charge is 2.20. The molecule has 0 bridgehead atoms. The van der Waals surface area contributed by atoms with Crippen LogP contribution in [0.4, 0.5) is 0 Å². The number of rotatable bonds is 6. The second-order valence-electron chi connectivity index (χ2n) is 4.73. The molecule has 1 atom stereocenters. The molecule has 0 amide bonds. The van der Waals surface area contributed by atoms with Crippen molar-refractivity contribution in [2.24, 2.45) is 0 Å². The molecule has 4 heteroatoms. The molecule has 1 aromatic carbocycles. The van der Waals surface area contributed by atoms with Gasteiger partial charge in [0.1, 0.15) is 11.3 Å². The van der Waals surface area contributed by atoms with Gasteiger partial charge < -0.3 is 9.52 Å². The Morgan fingerprint density at radius 3 is 2.79 bits per heavy atom. The minimum absolute atomic E-state index is 0.0338. The van der Waals surface area contributed by atoms with Crippen molar-refractivity contribution in [1.29, 1.82) is 0 Å². The fraction of sp³-hybridized carbons (Fsp3) is 0.400. The van der Waals surface area contributed by atoms with E-state index < -0.39 is 5.97 Å². The van der Waals surface area contributed by atoms with E-state index in [1.165, 1.54) is 0 Å². The van der Waals surface area contributed by atoms with Gasteiger partial charge >= 0.3 is 5.97 Å². The van der Waals surface area contributed by atoms with Gasteiger partial charge in [0.2, 0.25) is 0 Å². The Balaban J connectivity index is 2.24. The number of hydrogen-bond donors (Lipinski definition) is 1. The second-order valence-corrected chi connectivity index (χ2v) is 4.73. The Labute approximate surface area is 112 Å². The van der Waals surface area contributed by atoms with Gasteiger partial charge in [-0.3, -0.25) is 9.69 Å². The van der Waals surface area contributed by atoms with Gasteiger partial charge in [0.15, 0.2) is 0 Å². The Morgan fingerprint density at radius 1 is 1.42 bits per heavy atom. The minimum atomic E-state index is -0.809. The fourth-order valence-corrected chi connectivity index (χ4v) is 2.26. The van der Waals surface area contributed by atoms with Crippen LogP contribution in [0.25, 0.3) is 11.0 Å². The van der Waals surface area contributed by atoms with Gasteiger partial charge in [-0.1, -0.05) is 25.1 Å². The summed E-state index contributed by atoms with van der Waals surface area (Å²) >= 11 is 0. The van der Waals surface area contributed by atoms with Crippen LogP contribution in [0.2, 0.25) is 0 Å². The number of furan rings is 1. The monoisotopic (exact) mass is 261 g/mol. The molecule has 1 aromatic heterocycles. The Kier molecular flexibility index (Phi) is 4.22. The summed E-state index contributed by atoms with van der Waals surface area (Å²) in [6, 6.07) is 9.77. The quantitative estimate of drug-likeness (QED) is 0.867. The van der Waals surface area contributed by atoms with Crippen molar-refractivity contribution >= 4 is 16.9 Å². The molecule has 0 aliphatic carbocycles. The van der Waals surface area contributed by atoms with E-state index in [1.54, 1.807) is 0 Å². The molecule has 0 aliphatic rings. The third-order valence-electron chi connectivity index (χ3n) is 3.25. The maximum atomic E-state index is 10.9. The number of carboxylic acid groups (broad SMARTS) is 1. The van der Waals surface area contributed by atoms with Crippen LogP contribution >= 0.6 is 0 Å². The van der Waals surface area contributed by atoms with Gasteiger partial charge in [-0.25, -0.2) is 0 Å². The van der Waals surface area contributed by atoms with Gasteiger partial charge in [0.05, 0.1) is 12.6 Å². The molecule has 0 saturated carbocycles. The predicted molar refractivity (Wildman–Crippen MR) is 74.1 cm³/mol. The predicted octanol–water partition coefficient (Wildman–Crippen LogP) is 3.29. The average Bonchev–Trinajstić information content (AvgIpc) is 2.80. The molecule has 0 saturated heterocycles. The highest BCUT2D eigenvalue weighted by molar-refractivity contribution is 5.77. The lowest BCUT2D eigenvalue weighted by Crippen LogP contribution is -2.32. The summed E-state index contributed by atoms with van der Waals surface area (Å²) in [7, 11) is 0. The summed E-state index contributed by atoms with van der Waals surface area (Å²) in [5, 5.41) is 10.0. The van der Waals surface area contributed by atoms with Gasteiger partial charge in [0, 0.05) is 5.39 Å². The lowest BCUT2D eigenvalue weighted by atomic mass is 10.2. The summed E-state index contributed by atoms with van der Waals surface area (Å²) in [5.74, 6) is 0.00677. The van der Waals surface area contributed by atoms with Crippen molar-refractivity contribution in [3.05, 3.63) is 36.1 Å². The molecular formula is C15H19NO3. The van der Waals surface area contributed by atoms with E-state index in [0.29, 0.717) is 0 Å². The molecule has 0 spiro atoms. The lowest BCUT2D eigenvalue weighted by Gasteiger charge is -2.25. The van der Waals surface area contributed by atoms with Crippen LogP contribution in [0.3, 0.4) is 0 Å². The SMILES string of the molecule is CCCN(CC(=O)O)C(C)c1cc2ccccc2o1. The van der Waals surface area contributed by atoms with Crippen LogP contribution in [0, 0.1) is 0 Å². The maximum absolute atomic E-state index is 10.9. The van der Waals surface area contributed by atoms with Crippen molar-refractivity contribution in [3.63, 3.8) is 0 Å². The summed E-state index contributed by atoms with van der Waals surface area (Å²) in [6.07, 6.45) is 0.915. The summed E-state index contributed by atoms with van der Waals surface area (Å²) in [6.45, 7) is 4.80. The first-order valence-corrected chi connectivity index (χ1v) is 6.56. The van der Waals surface area contributed by atoms with Gasteiger partial charge in [-0.05, 0) is 32.0 Å². The van der Waals surface area contributed by atoms with E-state index in [1.807, 2.05) is 49.1 Å². The number of fused-ring (bicyclic) bond motifs is 1. The molecule has 0 aliphatic heterocycles. The zero-order valence-corrected chi connectivity index (χ0v) is 11.3. The minimum Gasteiger partial charge on any atom is -0.480 e. The Bertz CT molecular complexity index is 528. The highest BCUT2D eigenvalue weighted by atomic mass is 16.4. The van der Waals surface area contributed by atoms with E-state index in [-0.39, 0.29) is 12.6 Å². The van der Waals surface area contributed by atoms with Crippen molar-refractivity contribution in [3.8, 4) is 0 Å². The van der Waals surface area contributed by atoms with Crippen LogP contribution in [-0.2, 0) is 4.79 Å². The molecule has 1 N–H and O–H groups in total. The third-order valence-corrected chi connectivity index (χ3v) is 3.25.